The average molecular weight is 248 g/mol. The maximum atomic E-state index is 8.49. The van der Waals surface area contributed by atoms with Gasteiger partial charge in [-0.1, -0.05) is 28.1 Å². The molecular weight excluding hydrogens is 239 g/mol. The van der Waals surface area contributed by atoms with E-state index in [1.54, 1.807) is 0 Å². The van der Waals surface area contributed by atoms with E-state index in [2.05, 4.69) is 15.9 Å². The zero-order valence-electron chi connectivity index (χ0n) is 6.20. The van der Waals surface area contributed by atoms with Crippen LogP contribution in [0.5, 0.6) is 0 Å². The molecule has 0 heterocycles. The SMILES string of the molecule is Cl.N#CC(N)c1cccc(Br)c1. The van der Waals surface area contributed by atoms with Crippen LogP contribution in [0.15, 0.2) is 28.7 Å². The normalized spacial score (nSPS) is 11.1. The van der Waals surface area contributed by atoms with Crippen LogP contribution in [0.3, 0.4) is 0 Å². The van der Waals surface area contributed by atoms with Gasteiger partial charge in [0.05, 0.1) is 6.07 Å². The van der Waals surface area contributed by atoms with Gasteiger partial charge in [-0.15, -0.1) is 12.4 Å². The van der Waals surface area contributed by atoms with Crippen LogP contribution in [-0.4, -0.2) is 0 Å². The lowest BCUT2D eigenvalue weighted by atomic mass is 10.1. The molecule has 0 saturated heterocycles. The smallest absolute Gasteiger partial charge is 0.118 e. The summed E-state index contributed by atoms with van der Waals surface area (Å²) >= 11 is 3.29. The number of nitrogens with two attached hydrogens (primary N) is 1. The molecule has 12 heavy (non-hydrogen) atoms. The quantitative estimate of drug-likeness (QED) is 0.828. The van der Waals surface area contributed by atoms with Gasteiger partial charge in [-0.25, -0.2) is 0 Å². The van der Waals surface area contributed by atoms with Crippen LogP contribution in [-0.2, 0) is 0 Å². The van der Waals surface area contributed by atoms with Crippen LogP contribution in [0.1, 0.15) is 11.6 Å². The standard InChI is InChI=1S/C8H7BrN2.ClH/c9-7-3-1-2-6(4-7)8(11)5-10;/h1-4,8H,11H2;1H. The van der Waals surface area contributed by atoms with Gasteiger partial charge in [0.1, 0.15) is 6.04 Å². The van der Waals surface area contributed by atoms with E-state index in [4.69, 9.17) is 11.0 Å². The van der Waals surface area contributed by atoms with E-state index in [9.17, 15) is 0 Å². The van der Waals surface area contributed by atoms with Crippen molar-refractivity contribution in [3.05, 3.63) is 34.3 Å². The van der Waals surface area contributed by atoms with Gasteiger partial charge in [-0.2, -0.15) is 5.26 Å². The van der Waals surface area contributed by atoms with E-state index in [1.165, 1.54) is 0 Å². The molecule has 1 aromatic carbocycles. The molecule has 0 spiro atoms. The van der Waals surface area contributed by atoms with Crippen LogP contribution in [0.2, 0.25) is 0 Å². The number of hydrogen-bond donors (Lipinski definition) is 1. The molecule has 2 N–H and O–H groups in total. The molecule has 0 aliphatic heterocycles. The monoisotopic (exact) mass is 246 g/mol. The Balaban J connectivity index is 0.00000121. The molecule has 4 heteroatoms. The van der Waals surface area contributed by atoms with Crippen molar-refractivity contribution >= 4 is 28.3 Å². The summed E-state index contributed by atoms with van der Waals surface area (Å²) in [4.78, 5) is 0. The van der Waals surface area contributed by atoms with Crippen molar-refractivity contribution < 1.29 is 0 Å². The summed E-state index contributed by atoms with van der Waals surface area (Å²) < 4.78 is 0.945. The minimum atomic E-state index is -0.521. The molecule has 2 nitrogen and oxygen atoms in total. The fourth-order valence-corrected chi connectivity index (χ4v) is 1.19. The minimum absolute atomic E-state index is 0. The van der Waals surface area contributed by atoms with Crippen molar-refractivity contribution in [2.45, 2.75) is 6.04 Å². The van der Waals surface area contributed by atoms with Crippen molar-refractivity contribution in [3.63, 3.8) is 0 Å². The highest BCUT2D eigenvalue weighted by Crippen LogP contribution is 2.15. The summed E-state index contributed by atoms with van der Waals surface area (Å²) in [5, 5.41) is 8.49. The summed E-state index contributed by atoms with van der Waals surface area (Å²) in [7, 11) is 0. The predicted octanol–water partition coefficient (Wildman–Crippen LogP) is 2.39. The first-order valence-electron chi connectivity index (χ1n) is 3.14. The maximum absolute atomic E-state index is 8.49. The van der Waals surface area contributed by atoms with Crippen LogP contribution in [0.4, 0.5) is 0 Å². The Morgan fingerprint density at radius 2 is 2.17 bits per heavy atom. The molecule has 1 rings (SSSR count). The highest BCUT2D eigenvalue weighted by Gasteiger charge is 2.02. The average Bonchev–Trinajstić information content (AvgIpc) is 2.03. The molecule has 0 aromatic heterocycles. The number of benzene rings is 1. The molecule has 1 unspecified atom stereocenters. The van der Waals surface area contributed by atoms with Gasteiger partial charge >= 0.3 is 0 Å². The Morgan fingerprint density at radius 3 is 2.67 bits per heavy atom. The fourth-order valence-electron chi connectivity index (χ4n) is 0.775. The zero-order chi connectivity index (χ0) is 8.27. The van der Waals surface area contributed by atoms with E-state index >= 15 is 0 Å². The second kappa shape index (κ2) is 5.15. The first-order valence-corrected chi connectivity index (χ1v) is 3.94. The molecule has 0 saturated carbocycles. The molecular formula is C8H8BrClN2. The van der Waals surface area contributed by atoms with Crippen molar-refractivity contribution in [1.29, 1.82) is 5.26 Å². The summed E-state index contributed by atoms with van der Waals surface area (Å²) in [6.07, 6.45) is 0. The Bertz CT molecular complexity index is 295. The number of rotatable bonds is 1. The lowest BCUT2D eigenvalue weighted by Crippen LogP contribution is -2.06. The number of halogens is 2. The van der Waals surface area contributed by atoms with E-state index < -0.39 is 6.04 Å². The van der Waals surface area contributed by atoms with Crippen LogP contribution < -0.4 is 5.73 Å². The Morgan fingerprint density at radius 1 is 1.50 bits per heavy atom. The van der Waals surface area contributed by atoms with Gasteiger partial charge in [-0.05, 0) is 17.7 Å². The number of hydrogen-bond acceptors (Lipinski definition) is 2. The van der Waals surface area contributed by atoms with E-state index in [0.717, 1.165) is 10.0 Å². The minimum Gasteiger partial charge on any atom is -0.312 e. The first-order chi connectivity index (χ1) is 5.24. The topological polar surface area (TPSA) is 49.8 Å². The molecule has 0 bridgehead atoms. The van der Waals surface area contributed by atoms with Crippen molar-refractivity contribution in [2.75, 3.05) is 0 Å². The molecule has 0 radical (unpaired) electrons. The Hall–Kier alpha value is -0.560. The number of nitriles is 1. The lowest BCUT2D eigenvalue weighted by molar-refractivity contribution is 0.925. The summed E-state index contributed by atoms with van der Waals surface area (Å²) in [5.41, 5.74) is 6.32. The van der Waals surface area contributed by atoms with Crippen molar-refractivity contribution in [1.82, 2.24) is 0 Å². The lowest BCUT2D eigenvalue weighted by Gasteiger charge is -2.01. The first kappa shape index (κ1) is 11.4. The largest absolute Gasteiger partial charge is 0.312 e. The third kappa shape index (κ3) is 2.82. The van der Waals surface area contributed by atoms with Crippen LogP contribution in [0, 0.1) is 11.3 Å². The summed E-state index contributed by atoms with van der Waals surface area (Å²) in [6.45, 7) is 0. The van der Waals surface area contributed by atoms with Crippen molar-refractivity contribution in [2.24, 2.45) is 5.73 Å². The zero-order valence-corrected chi connectivity index (χ0v) is 8.60. The third-order valence-electron chi connectivity index (χ3n) is 1.35. The van der Waals surface area contributed by atoms with Gasteiger partial charge in [-0.3, -0.25) is 0 Å². The van der Waals surface area contributed by atoms with Crippen molar-refractivity contribution in [3.8, 4) is 6.07 Å². The van der Waals surface area contributed by atoms with E-state index in [1.807, 2.05) is 30.3 Å². The number of nitrogens with zero attached hydrogens (tertiary/aromatic N) is 1. The van der Waals surface area contributed by atoms with Gasteiger partial charge in [0.25, 0.3) is 0 Å². The van der Waals surface area contributed by atoms with Gasteiger partial charge in [0.15, 0.2) is 0 Å². The molecule has 0 amide bonds. The van der Waals surface area contributed by atoms with Gasteiger partial charge < -0.3 is 5.73 Å². The van der Waals surface area contributed by atoms with E-state index in [-0.39, 0.29) is 12.4 Å². The highest BCUT2D eigenvalue weighted by atomic mass is 79.9. The third-order valence-corrected chi connectivity index (χ3v) is 1.84. The second-order valence-corrected chi connectivity index (χ2v) is 3.08. The summed E-state index contributed by atoms with van der Waals surface area (Å²) in [6, 6.07) is 8.87. The van der Waals surface area contributed by atoms with E-state index in [0.29, 0.717) is 0 Å². The summed E-state index contributed by atoms with van der Waals surface area (Å²) in [5.74, 6) is 0. The second-order valence-electron chi connectivity index (χ2n) is 2.16. The molecule has 1 atom stereocenters. The van der Waals surface area contributed by atoms with Crippen LogP contribution >= 0.6 is 28.3 Å². The Kier molecular flexibility index (Phi) is 4.91. The van der Waals surface area contributed by atoms with Gasteiger partial charge in [0, 0.05) is 4.47 Å². The maximum Gasteiger partial charge on any atom is 0.118 e. The molecule has 1 aromatic rings. The Labute approximate surface area is 85.9 Å². The van der Waals surface area contributed by atoms with Gasteiger partial charge in [0.2, 0.25) is 0 Å². The highest BCUT2D eigenvalue weighted by molar-refractivity contribution is 9.10. The van der Waals surface area contributed by atoms with Crippen LogP contribution in [0.25, 0.3) is 0 Å². The predicted molar refractivity (Wildman–Crippen MR) is 53.9 cm³/mol. The molecule has 0 aliphatic carbocycles. The molecule has 64 valence electrons. The molecule has 0 fully saturated rings. The fraction of sp³-hybridized carbons (Fsp3) is 0.125. The molecule has 0 aliphatic rings.